The van der Waals surface area contributed by atoms with Gasteiger partial charge in [0.05, 0.1) is 6.54 Å². The summed E-state index contributed by atoms with van der Waals surface area (Å²) < 4.78 is 49.0. The van der Waals surface area contributed by atoms with Crippen LogP contribution in [0.2, 0.25) is 0 Å². The van der Waals surface area contributed by atoms with E-state index in [4.69, 9.17) is 4.74 Å². The number of benzene rings is 4. The molecule has 0 aromatic heterocycles. The van der Waals surface area contributed by atoms with Crippen LogP contribution in [-0.4, -0.2) is 47.9 Å². The maximum Gasteiger partial charge on any atom is 0.293 e. The number of alkyl halides is 2. The van der Waals surface area contributed by atoms with E-state index in [9.17, 15) is 9.18 Å². The number of ether oxygens (including phenoxy) is 1. The second-order valence-corrected chi connectivity index (χ2v) is 10.6. The van der Waals surface area contributed by atoms with Crippen LogP contribution in [0, 0.1) is 5.82 Å². The van der Waals surface area contributed by atoms with Crippen LogP contribution < -0.4 is 4.74 Å². The van der Waals surface area contributed by atoms with Crippen LogP contribution in [0.5, 0.6) is 5.75 Å². The minimum absolute atomic E-state index is 0.121. The van der Waals surface area contributed by atoms with E-state index in [2.05, 4.69) is 0 Å². The Bertz CT molecular complexity index is 1360. The Hall–Kier alpha value is -4.10. The molecule has 1 atom stereocenters. The fraction of sp³-hybridized carbons (Fsp3) is 0.265. The first-order chi connectivity index (χ1) is 19.8. The molecule has 41 heavy (non-hydrogen) atoms. The molecule has 0 aliphatic carbocycles. The molecule has 0 spiro atoms. The molecule has 1 amide bonds. The lowest BCUT2D eigenvalue weighted by molar-refractivity contribution is -0.0685. The van der Waals surface area contributed by atoms with Gasteiger partial charge in [0.2, 0.25) is 0 Å². The van der Waals surface area contributed by atoms with Crippen LogP contribution in [0.4, 0.5) is 13.2 Å². The monoisotopic (exact) mass is 558 g/mol. The van der Waals surface area contributed by atoms with Gasteiger partial charge in [0.1, 0.15) is 11.6 Å². The molecule has 1 unspecified atom stereocenters. The van der Waals surface area contributed by atoms with Crippen molar-refractivity contribution in [3.8, 4) is 5.75 Å². The van der Waals surface area contributed by atoms with E-state index in [1.54, 1.807) is 46.2 Å². The second kappa shape index (κ2) is 13.0. The van der Waals surface area contributed by atoms with Crippen molar-refractivity contribution in [2.24, 2.45) is 0 Å². The van der Waals surface area contributed by atoms with Crippen molar-refractivity contribution < 1.29 is 22.7 Å². The molecule has 0 N–H and O–H groups in total. The van der Waals surface area contributed by atoms with E-state index in [1.165, 1.54) is 12.1 Å². The molecule has 1 saturated heterocycles. The van der Waals surface area contributed by atoms with E-state index in [1.807, 2.05) is 60.7 Å². The summed E-state index contributed by atoms with van der Waals surface area (Å²) in [5.41, 5.74) is 3.41. The number of hydrogen-bond donors (Lipinski definition) is 0. The maximum atomic E-state index is 15.1. The van der Waals surface area contributed by atoms with Crippen molar-refractivity contribution in [1.29, 1.82) is 0 Å². The Balaban J connectivity index is 1.16. The minimum Gasteiger partial charge on any atom is -0.487 e. The summed E-state index contributed by atoms with van der Waals surface area (Å²) in [7, 11) is 0. The van der Waals surface area contributed by atoms with Crippen LogP contribution in [-0.2, 0) is 13.1 Å². The lowest BCUT2D eigenvalue weighted by atomic mass is 9.99. The van der Waals surface area contributed by atoms with Crippen molar-refractivity contribution >= 4 is 5.91 Å². The summed E-state index contributed by atoms with van der Waals surface area (Å²) in [4.78, 5) is 16.5. The van der Waals surface area contributed by atoms with Gasteiger partial charge < -0.3 is 9.64 Å². The molecule has 212 valence electrons. The van der Waals surface area contributed by atoms with Gasteiger partial charge in [-0.05, 0) is 59.5 Å². The molecule has 1 aliphatic heterocycles. The molecule has 0 bridgehead atoms. The largest absolute Gasteiger partial charge is 0.487 e. The predicted molar refractivity (Wildman–Crippen MR) is 154 cm³/mol. The van der Waals surface area contributed by atoms with Gasteiger partial charge in [-0.1, -0.05) is 72.8 Å². The van der Waals surface area contributed by atoms with Crippen LogP contribution in [0.3, 0.4) is 0 Å². The van der Waals surface area contributed by atoms with Crippen molar-refractivity contribution in [3.63, 3.8) is 0 Å². The first-order valence-electron chi connectivity index (χ1n) is 13.8. The van der Waals surface area contributed by atoms with Gasteiger partial charge in [-0.25, -0.2) is 13.2 Å². The Morgan fingerprint density at radius 3 is 2.00 bits per heavy atom. The highest BCUT2D eigenvalue weighted by Crippen LogP contribution is 2.29. The molecule has 5 rings (SSSR count). The van der Waals surface area contributed by atoms with Crippen molar-refractivity contribution in [3.05, 3.63) is 137 Å². The summed E-state index contributed by atoms with van der Waals surface area (Å²) in [5, 5.41) is 0. The van der Waals surface area contributed by atoms with Crippen molar-refractivity contribution in [2.75, 3.05) is 26.2 Å². The Kier molecular flexibility index (Phi) is 9.04. The number of hydrogen-bond acceptors (Lipinski definition) is 3. The number of nitrogens with zero attached hydrogens (tertiary/aromatic N) is 2. The lowest BCUT2D eigenvalue weighted by Gasteiger charge is -2.27. The summed E-state index contributed by atoms with van der Waals surface area (Å²) in [6.07, 6.45) is 0.805. The quantitative estimate of drug-likeness (QED) is 0.196. The van der Waals surface area contributed by atoms with Gasteiger partial charge in [0.25, 0.3) is 11.8 Å². The van der Waals surface area contributed by atoms with E-state index >= 15 is 8.78 Å². The van der Waals surface area contributed by atoms with E-state index in [0.29, 0.717) is 31.7 Å². The van der Waals surface area contributed by atoms with Crippen LogP contribution in [0.25, 0.3) is 0 Å². The molecule has 4 aromatic rings. The van der Waals surface area contributed by atoms with Crippen LogP contribution in [0.1, 0.15) is 39.4 Å². The third-order valence-corrected chi connectivity index (χ3v) is 7.32. The predicted octanol–water partition coefficient (Wildman–Crippen LogP) is 7.17. The van der Waals surface area contributed by atoms with Crippen molar-refractivity contribution in [2.45, 2.75) is 31.4 Å². The standard InChI is InChI=1S/C34H33F3N2O2/c35-31-15-11-28(12-16-31)30-19-20-39(23-30)33(40)29-13-17-32(18-14-29)41-25-34(36,37)24-38(21-26-7-3-1-4-8-26)22-27-9-5-2-6-10-27/h1-18,30H,19-25H2. The van der Waals surface area contributed by atoms with Gasteiger partial charge in [-0.2, -0.15) is 0 Å². The third kappa shape index (κ3) is 7.98. The molecule has 4 nitrogen and oxygen atoms in total. The molecular formula is C34H33F3N2O2. The number of likely N-dealkylation sites (tertiary alicyclic amines) is 1. The highest BCUT2D eigenvalue weighted by molar-refractivity contribution is 5.94. The fourth-order valence-electron chi connectivity index (χ4n) is 5.24. The van der Waals surface area contributed by atoms with E-state index < -0.39 is 19.1 Å². The first kappa shape index (κ1) is 28.4. The van der Waals surface area contributed by atoms with Gasteiger partial charge in [-0.3, -0.25) is 9.69 Å². The Morgan fingerprint density at radius 2 is 1.41 bits per heavy atom. The van der Waals surface area contributed by atoms with Gasteiger partial charge in [-0.15, -0.1) is 0 Å². The zero-order valence-electron chi connectivity index (χ0n) is 22.8. The number of rotatable bonds is 11. The van der Waals surface area contributed by atoms with Crippen LogP contribution in [0.15, 0.2) is 109 Å². The highest BCUT2D eigenvalue weighted by Gasteiger charge is 2.33. The molecule has 1 fully saturated rings. The normalized spacial score (nSPS) is 15.3. The van der Waals surface area contributed by atoms with Crippen LogP contribution >= 0.6 is 0 Å². The molecule has 4 aromatic carbocycles. The first-order valence-corrected chi connectivity index (χ1v) is 13.8. The van der Waals surface area contributed by atoms with E-state index in [0.717, 1.165) is 23.1 Å². The lowest BCUT2D eigenvalue weighted by Crippen LogP contribution is -2.40. The van der Waals surface area contributed by atoms with Gasteiger partial charge in [0.15, 0.2) is 6.61 Å². The summed E-state index contributed by atoms with van der Waals surface area (Å²) in [6.45, 7) is 0.704. The molecule has 7 heteroatoms. The molecular weight excluding hydrogens is 525 g/mol. The molecule has 0 radical (unpaired) electrons. The summed E-state index contributed by atoms with van der Waals surface area (Å²) >= 11 is 0. The molecule has 1 heterocycles. The smallest absolute Gasteiger partial charge is 0.293 e. The second-order valence-electron chi connectivity index (χ2n) is 10.6. The SMILES string of the molecule is O=C(c1ccc(OCC(F)(F)CN(Cc2ccccc2)Cc2ccccc2)cc1)N1CCC(c2ccc(F)cc2)C1. The zero-order valence-corrected chi connectivity index (χ0v) is 22.8. The maximum absolute atomic E-state index is 15.1. The Labute approximate surface area is 239 Å². The number of amides is 1. The summed E-state index contributed by atoms with van der Waals surface area (Å²) in [6, 6.07) is 31.9. The average Bonchev–Trinajstić information content (AvgIpc) is 3.48. The minimum atomic E-state index is -3.09. The number of halogens is 3. The average molecular weight is 559 g/mol. The Morgan fingerprint density at radius 1 is 0.829 bits per heavy atom. The zero-order chi connectivity index (χ0) is 28.7. The highest BCUT2D eigenvalue weighted by atomic mass is 19.3. The third-order valence-electron chi connectivity index (χ3n) is 7.32. The molecule has 1 aliphatic rings. The molecule has 0 saturated carbocycles. The topological polar surface area (TPSA) is 32.8 Å². The summed E-state index contributed by atoms with van der Waals surface area (Å²) in [5.74, 6) is -3.05. The number of carbonyl (C=O) groups is 1. The fourth-order valence-corrected chi connectivity index (χ4v) is 5.24. The van der Waals surface area contributed by atoms with Crippen molar-refractivity contribution in [1.82, 2.24) is 9.80 Å². The van der Waals surface area contributed by atoms with E-state index in [-0.39, 0.29) is 23.4 Å². The van der Waals surface area contributed by atoms with Gasteiger partial charge in [0, 0.05) is 37.7 Å². The van der Waals surface area contributed by atoms with Gasteiger partial charge >= 0.3 is 0 Å². The number of carbonyl (C=O) groups excluding carboxylic acids is 1.